The average molecular weight is 1830 g/mol. The molecule has 9 saturated heterocycles. The van der Waals surface area contributed by atoms with Gasteiger partial charge in [0.25, 0.3) is 0 Å². The summed E-state index contributed by atoms with van der Waals surface area (Å²) in [6, 6.07) is 0.700. The Morgan fingerprint density at radius 3 is 1.24 bits per heavy atom. The van der Waals surface area contributed by atoms with Gasteiger partial charge in [-0.15, -0.1) is 5.10 Å². The third-order valence-corrected chi connectivity index (χ3v) is 30.2. The van der Waals surface area contributed by atoms with E-state index in [0.717, 1.165) is 11.8 Å². The summed E-state index contributed by atoms with van der Waals surface area (Å²) in [5.74, 6) is -0.787. The number of ether oxygens (including phenoxy) is 18. The van der Waals surface area contributed by atoms with Gasteiger partial charge in [0.2, 0.25) is 5.91 Å². The second-order valence-corrected chi connectivity index (χ2v) is 45.1. The summed E-state index contributed by atoms with van der Waals surface area (Å²) in [5.41, 5.74) is 0.0747. The van der Waals surface area contributed by atoms with Crippen molar-refractivity contribution in [2.45, 2.75) is 336 Å². The molecule has 26 N–H and O–H groups in total. The third kappa shape index (κ3) is 25.0. The molecule has 10 heterocycles. The van der Waals surface area contributed by atoms with Gasteiger partial charge in [0, 0.05) is 13.5 Å². The maximum atomic E-state index is 13.5. The number of rotatable bonds is 37. The van der Waals surface area contributed by atoms with E-state index in [1.165, 1.54) is 10.9 Å². The van der Waals surface area contributed by atoms with Crippen LogP contribution in [0.15, 0.2) is 6.20 Å². The van der Waals surface area contributed by atoms with Crippen molar-refractivity contribution in [2.24, 2.45) is 0 Å². The molecule has 10 rings (SSSR count). The van der Waals surface area contributed by atoms with Crippen LogP contribution >= 0.6 is 0 Å². The van der Waals surface area contributed by atoms with Crippen molar-refractivity contribution >= 4 is 31.8 Å². The number of aliphatic hydroxyl groups excluding tert-OH is 26. The van der Waals surface area contributed by atoms with E-state index in [9.17, 15) is 138 Å². The molecule has 122 heavy (non-hydrogen) atoms. The van der Waals surface area contributed by atoms with Crippen molar-refractivity contribution in [3.63, 3.8) is 0 Å². The van der Waals surface area contributed by atoms with Gasteiger partial charge < -0.3 is 231 Å². The molecule has 51 nitrogen and oxygen atoms in total. The fourth-order valence-electron chi connectivity index (χ4n) is 14.9. The van der Waals surface area contributed by atoms with E-state index in [4.69, 9.17) is 93.5 Å². The summed E-state index contributed by atoms with van der Waals surface area (Å²) in [7, 11) is -5.77. The molecule has 0 radical (unpaired) electrons. The van der Waals surface area contributed by atoms with E-state index in [-0.39, 0.29) is 18.8 Å². The highest BCUT2D eigenvalue weighted by Gasteiger charge is 2.59. The van der Waals surface area contributed by atoms with E-state index in [2.05, 4.69) is 49.6 Å². The molecule has 1 amide bonds. The number of hydrogen-bond acceptors (Lipinski definition) is 49. The SMILES string of the molecule is CC(=O)N(Cc1cn(CC(O)COCCC[SiH](O[Si](C)(C)C)O[Si](C)(C)C)nn1)[C@@H]1O[C@@H](CO)[C@@H](O[C@@H]2OC(CO[C@H]3OC[C@@H](O)[C@H](O)C3OC3OC(CO)[C@H](O)[C@H](O)[C@@H]3O)[C@@H](O[C@@H]3O[C@@H](CO[C@@H]4OC[C@H](O)C(O)C4O[C@@H]4OC(CO)[C@H](O)[C@H](O)C4O)[C@@H](O[C@@H]4OC(CO[C@H]5OC[C@@H](O)[C@H](O)C5O)[C@@H](O)[C@H](O)C4O)C(O)C3O)[C@H](O)C2O)C(O)C1O. The molecule has 9 aliphatic rings. The minimum atomic E-state index is -2.53. The van der Waals surface area contributed by atoms with Crippen LogP contribution in [-0.2, 0) is 111 Å². The van der Waals surface area contributed by atoms with Crippen LogP contribution in [0.2, 0.25) is 45.3 Å². The Bertz CT molecular complexity index is 3290. The molecule has 17 unspecified atom stereocenters. The Balaban J connectivity index is 0.897. The molecule has 43 atom stereocenters. The smallest absolute Gasteiger partial charge is 0.300 e. The molecule has 1 aromatic rings. The van der Waals surface area contributed by atoms with E-state index < -0.39 is 362 Å². The maximum absolute atomic E-state index is 13.5. The lowest BCUT2D eigenvalue weighted by atomic mass is 9.95. The highest BCUT2D eigenvalue weighted by Crippen LogP contribution is 2.39. The van der Waals surface area contributed by atoms with Crippen LogP contribution < -0.4 is 0 Å². The molecule has 54 heteroatoms. The zero-order valence-corrected chi connectivity index (χ0v) is 70.7. The van der Waals surface area contributed by atoms with Crippen molar-refractivity contribution in [1.29, 1.82) is 0 Å². The first-order valence-corrected chi connectivity index (χ1v) is 48.5. The van der Waals surface area contributed by atoms with Crippen LogP contribution in [0.25, 0.3) is 0 Å². The van der Waals surface area contributed by atoms with Crippen LogP contribution in [-0.4, -0.2) is 521 Å². The van der Waals surface area contributed by atoms with E-state index in [1.807, 2.05) is 0 Å². The Hall–Kier alpha value is -2.58. The molecule has 0 saturated carbocycles. The van der Waals surface area contributed by atoms with E-state index in [0.29, 0.717) is 19.1 Å². The van der Waals surface area contributed by atoms with Gasteiger partial charge in [-0.05, 0) is 51.7 Å². The number of hydrogen-bond donors (Lipinski definition) is 26. The first-order valence-electron chi connectivity index (χ1n) is 39.9. The zero-order chi connectivity index (χ0) is 89.6. The van der Waals surface area contributed by atoms with E-state index in [1.54, 1.807) is 0 Å². The fourth-order valence-corrected chi connectivity index (χ4v) is 23.2. The number of aromatic nitrogens is 3. The summed E-state index contributed by atoms with van der Waals surface area (Å²) in [6.45, 7) is 5.10. The lowest BCUT2D eigenvalue weighted by Crippen LogP contribution is -2.68. The Labute approximate surface area is 700 Å². The average Bonchev–Trinajstić information content (AvgIpc) is 0.865. The predicted octanol–water partition coefficient (Wildman–Crippen LogP) is -16.4. The van der Waals surface area contributed by atoms with Crippen molar-refractivity contribution < 1.29 is 231 Å². The number of carbonyl (C=O) groups is 1. The number of carbonyl (C=O) groups excluding carboxylic acids is 1. The Morgan fingerprint density at radius 1 is 0.443 bits per heavy atom. The molecule has 708 valence electrons. The standard InChI is InChI=1S/C68H122N4O47Si3/c1-24(76)72(12-25-11-71(70-69-25)13-26(77)17-100-9-8-10-120(118-121(2,3)4)119-122(5,6)7)60-48(93)45(90)55(32(16-75)107-60)113-65-53(98)46(91)57(35(111-65)23-106-68-59(38(83)29(80)20-103-68)117-63-51(96)43(88)40(85)31(15-74)109-63)115-66-54(99)47(92)56(114-64-52(97)44(89)41(86)33(110-64)21-104-61-49(94)36(81)27(78)18-101-61)34(112-66)22-105-67-58(37(82)28(79)19-102-67)116-62-50(95)42(87)39(84)30(14-73)108-62/h11,26-68,73-75,77-99,120H,8-10,12-23H2,1-7H3/t26?,27-,28+,29-,30?,31?,32+,33?,34+,35?,36+,37?,38+,39+,40+,41-,42+,43+,44+,45?,46-,47?,48?,49?,50?,51+,52?,53?,54?,55-,56-,57-,58?,59?,60-,61-,62+,63?,64+,65+,66+,67+,68-/m1/s1. The van der Waals surface area contributed by atoms with Gasteiger partial charge in [-0.3, -0.25) is 4.79 Å². The van der Waals surface area contributed by atoms with Crippen molar-refractivity contribution in [3.8, 4) is 0 Å². The van der Waals surface area contributed by atoms with Crippen molar-refractivity contribution in [2.75, 3.05) is 72.7 Å². The molecular weight excluding hydrogens is 1710 g/mol. The quantitative estimate of drug-likeness (QED) is 0.0217. The van der Waals surface area contributed by atoms with Crippen LogP contribution in [0.1, 0.15) is 19.0 Å². The third-order valence-electron chi connectivity index (χ3n) is 21.6. The van der Waals surface area contributed by atoms with Gasteiger partial charge >= 0.3 is 9.28 Å². The molecule has 9 aliphatic heterocycles. The van der Waals surface area contributed by atoms with Gasteiger partial charge in [0.1, 0.15) is 207 Å². The summed E-state index contributed by atoms with van der Waals surface area (Å²) in [4.78, 5) is 14.4. The molecule has 9 fully saturated rings. The minimum absolute atomic E-state index is 0.0747. The van der Waals surface area contributed by atoms with E-state index >= 15 is 0 Å². The molecule has 0 spiro atoms. The first kappa shape index (κ1) is 102. The maximum Gasteiger partial charge on any atom is 0.300 e. The largest absolute Gasteiger partial charge is 0.439 e. The Morgan fingerprint density at radius 2 is 0.803 bits per heavy atom. The second kappa shape index (κ2) is 44.6. The molecule has 0 aliphatic carbocycles. The number of amides is 1. The molecular formula is C68H122N4O47Si3. The topological polar surface area (TPSA) is 762 Å². The van der Waals surface area contributed by atoms with Crippen molar-refractivity contribution in [1.82, 2.24) is 19.9 Å². The monoisotopic (exact) mass is 1830 g/mol. The summed E-state index contributed by atoms with van der Waals surface area (Å²) < 4.78 is 119. The minimum Gasteiger partial charge on any atom is -0.439 e. The van der Waals surface area contributed by atoms with Crippen LogP contribution in [0.4, 0.5) is 0 Å². The van der Waals surface area contributed by atoms with Gasteiger partial charge in [0.05, 0.1) is 91.5 Å². The number of nitrogens with zero attached hydrogens (tertiary/aromatic N) is 4. The van der Waals surface area contributed by atoms with Gasteiger partial charge in [-0.25, -0.2) is 4.68 Å². The highest BCUT2D eigenvalue weighted by atomic mass is 28.4. The predicted molar refractivity (Wildman–Crippen MR) is 395 cm³/mol. The lowest BCUT2D eigenvalue weighted by molar-refractivity contribution is -0.396. The van der Waals surface area contributed by atoms with Gasteiger partial charge in [0.15, 0.2) is 73.2 Å². The summed E-state index contributed by atoms with van der Waals surface area (Å²) >= 11 is 0. The molecule has 0 bridgehead atoms. The van der Waals surface area contributed by atoms with Crippen LogP contribution in [0.5, 0.6) is 0 Å². The fraction of sp³-hybridized carbons (Fsp3) is 0.956. The first-order chi connectivity index (χ1) is 57.4. The number of aliphatic hydroxyl groups is 26. The summed E-state index contributed by atoms with van der Waals surface area (Å²) in [6.07, 6.45) is -85.3. The van der Waals surface area contributed by atoms with Gasteiger partial charge in [-0.2, -0.15) is 0 Å². The summed E-state index contributed by atoms with van der Waals surface area (Å²) in [5, 5.41) is 296. The van der Waals surface area contributed by atoms with Crippen LogP contribution in [0, 0.1) is 0 Å². The van der Waals surface area contributed by atoms with Crippen molar-refractivity contribution in [3.05, 3.63) is 11.9 Å². The second-order valence-electron chi connectivity index (χ2n) is 33.3. The lowest BCUT2D eigenvalue weighted by Gasteiger charge is -2.50. The van der Waals surface area contributed by atoms with Crippen LogP contribution in [0.3, 0.4) is 0 Å². The molecule has 0 aromatic carbocycles. The highest BCUT2D eigenvalue weighted by molar-refractivity contribution is 6.81. The Kier molecular flexibility index (Phi) is 37.1. The zero-order valence-electron chi connectivity index (χ0n) is 67.6. The van der Waals surface area contributed by atoms with Gasteiger partial charge in [-0.1, -0.05) is 5.21 Å². The normalized spacial score (nSPS) is 44.9. The molecule has 1 aromatic heterocycles.